The number of carboxylic acid groups (broad SMARTS) is 1. The van der Waals surface area contributed by atoms with Crippen LogP contribution in [0.2, 0.25) is 10.0 Å². The third kappa shape index (κ3) is 3.07. The molecule has 0 aliphatic heterocycles. The van der Waals surface area contributed by atoms with Crippen LogP contribution in [0.1, 0.15) is 20.8 Å². The van der Waals surface area contributed by atoms with Crippen LogP contribution in [-0.2, 0) is 0 Å². The summed E-state index contributed by atoms with van der Waals surface area (Å²) in [5, 5.41) is 12.2. The van der Waals surface area contributed by atoms with E-state index in [1.54, 1.807) is 6.07 Å². The van der Waals surface area contributed by atoms with E-state index in [1.807, 2.05) is 0 Å². The first-order valence-electron chi connectivity index (χ1n) is 5.44. The summed E-state index contributed by atoms with van der Waals surface area (Å²) >= 11 is 11.6. The molecule has 0 bridgehead atoms. The maximum Gasteiger partial charge on any atom is 0.338 e. The maximum absolute atomic E-state index is 12.0. The Kier molecular flexibility index (Phi) is 4.22. The van der Waals surface area contributed by atoms with E-state index in [1.165, 1.54) is 30.5 Å². The Balaban J connectivity index is 2.28. The molecule has 7 heteroatoms. The van der Waals surface area contributed by atoms with Crippen LogP contribution in [0.25, 0.3) is 0 Å². The van der Waals surface area contributed by atoms with Crippen molar-refractivity contribution >= 4 is 40.8 Å². The summed E-state index contributed by atoms with van der Waals surface area (Å²) in [5.74, 6) is -1.86. The van der Waals surface area contributed by atoms with Gasteiger partial charge < -0.3 is 10.4 Å². The average Bonchev–Trinajstić information content (AvgIpc) is 2.43. The first-order chi connectivity index (χ1) is 9.49. The molecule has 0 aliphatic rings. The summed E-state index contributed by atoms with van der Waals surface area (Å²) in [6.45, 7) is 0. The molecule has 1 aromatic heterocycles. The van der Waals surface area contributed by atoms with E-state index in [0.717, 1.165) is 0 Å². The molecule has 2 rings (SSSR count). The highest BCUT2D eigenvalue weighted by atomic mass is 35.5. The number of aromatic nitrogens is 1. The highest BCUT2D eigenvalue weighted by molar-refractivity contribution is 6.42. The van der Waals surface area contributed by atoms with Crippen LogP contribution in [0.15, 0.2) is 36.5 Å². The number of rotatable bonds is 3. The Morgan fingerprint density at radius 2 is 1.90 bits per heavy atom. The zero-order valence-corrected chi connectivity index (χ0v) is 11.4. The lowest BCUT2D eigenvalue weighted by Gasteiger charge is -2.07. The van der Waals surface area contributed by atoms with Crippen molar-refractivity contribution in [2.45, 2.75) is 0 Å². The van der Waals surface area contributed by atoms with Gasteiger partial charge in [0.05, 0.1) is 15.6 Å². The van der Waals surface area contributed by atoms with Crippen molar-refractivity contribution in [3.05, 3.63) is 57.8 Å². The van der Waals surface area contributed by atoms with Gasteiger partial charge in [-0.15, -0.1) is 0 Å². The van der Waals surface area contributed by atoms with E-state index >= 15 is 0 Å². The van der Waals surface area contributed by atoms with E-state index in [9.17, 15) is 9.59 Å². The summed E-state index contributed by atoms with van der Waals surface area (Å²) in [5.41, 5.74) is 0.0440. The second kappa shape index (κ2) is 5.90. The minimum Gasteiger partial charge on any atom is -0.478 e. The first kappa shape index (κ1) is 14.3. The zero-order valence-electron chi connectivity index (χ0n) is 9.93. The van der Waals surface area contributed by atoms with Crippen molar-refractivity contribution in [2.24, 2.45) is 0 Å². The smallest absolute Gasteiger partial charge is 0.338 e. The number of carbonyl (C=O) groups is 2. The minimum absolute atomic E-state index is 0.175. The van der Waals surface area contributed by atoms with E-state index in [-0.39, 0.29) is 16.3 Å². The molecular weight excluding hydrogens is 303 g/mol. The molecule has 1 aromatic carbocycles. The van der Waals surface area contributed by atoms with E-state index < -0.39 is 11.9 Å². The molecule has 1 heterocycles. The van der Waals surface area contributed by atoms with Gasteiger partial charge in [0.1, 0.15) is 5.69 Å². The van der Waals surface area contributed by atoms with Crippen LogP contribution < -0.4 is 5.32 Å². The molecule has 5 nitrogen and oxygen atoms in total. The van der Waals surface area contributed by atoms with E-state index in [0.29, 0.717) is 10.7 Å². The number of halogens is 2. The second-order valence-corrected chi connectivity index (χ2v) is 4.60. The quantitative estimate of drug-likeness (QED) is 0.911. The fraction of sp³-hybridized carbons (Fsp3) is 0. The molecule has 0 radical (unpaired) electrons. The molecule has 0 saturated carbocycles. The SMILES string of the molecule is O=C(O)c1cccnc1C(=O)Nc1ccc(Cl)c(Cl)c1. The number of anilines is 1. The topological polar surface area (TPSA) is 79.3 Å². The van der Waals surface area contributed by atoms with Crippen molar-refractivity contribution in [2.75, 3.05) is 5.32 Å². The monoisotopic (exact) mass is 310 g/mol. The number of hydrogen-bond acceptors (Lipinski definition) is 3. The Morgan fingerprint density at radius 1 is 1.15 bits per heavy atom. The van der Waals surface area contributed by atoms with Gasteiger partial charge in [-0.2, -0.15) is 0 Å². The lowest BCUT2D eigenvalue weighted by Crippen LogP contribution is -2.18. The van der Waals surface area contributed by atoms with Gasteiger partial charge in [-0.1, -0.05) is 23.2 Å². The molecule has 2 N–H and O–H groups in total. The maximum atomic E-state index is 12.0. The van der Waals surface area contributed by atoms with E-state index in [4.69, 9.17) is 28.3 Å². The lowest BCUT2D eigenvalue weighted by atomic mass is 10.2. The van der Waals surface area contributed by atoms with Crippen LogP contribution >= 0.6 is 23.2 Å². The van der Waals surface area contributed by atoms with Crippen molar-refractivity contribution in [1.29, 1.82) is 0 Å². The largest absolute Gasteiger partial charge is 0.478 e. The number of carboxylic acids is 1. The Morgan fingerprint density at radius 3 is 2.55 bits per heavy atom. The number of amides is 1. The fourth-order valence-electron chi connectivity index (χ4n) is 1.52. The minimum atomic E-state index is -1.22. The van der Waals surface area contributed by atoms with Crippen LogP contribution in [0.5, 0.6) is 0 Å². The van der Waals surface area contributed by atoms with Gasteiger partial charge in [0.2, 0.25) is 0 Å². The van der Waals surface area contributed by atoms with Crippen LogP contribution in [0.3, 0.4) is 0 Å². The Hall–Kier alpha value is -2.11. The number of nitrogens with one attached hydrogen (secondary N) is 1. The molecule has 0 fully saturated rings. The molecule has 0 spiro atoms. The van der Waals surface area contributed by atoms with Crippen molar-refractivity contribution < 1.29 is 14.7 Å². The molecule has 0 atom stereocenters. The van der Waals surface area contributed by atoms with Gasteiger partial charge in [0.15, 0.2) is 0 Å². The third-order valence-electron chi connectivity index (χ3n) is 2.43. The van der Waals surface area contributed by atoms with Gasteiger partial charge in [0.25, 0.3) is 5.91 Å². The van der Waals surface area contributed by atoms with Crippen molar-refractivity contribution in [3.63, 3.8) is 0 Å². The predicted octanol–water partition coefficient (Wildman–Crippen LogP) is 3.34. The molecule has 0 saturated heterocycles. The summed E-state index contributed by atoms with van der Waals surface area (Å²) < 4.78 is 0. The number of nitrogens with zero attached hydrogens (tertiary/aromatic N) is 1. The van der Waals surface area contributed by atoms with Crippen LogP contribution in [0.4, 0.5) is 5.69 Å². The Labute approximate surface area is 124 Å². The molecule has 0 unspecified atom stereocenters. The van der Waals surface area contributed by atoms with Crippen molar-refractivity contribution in [1.82, 2.24) is 4.98 Å². The average molecular weight is 311 g/mol. The summed E-state index contributed by atoms with van der Waals surface area (Å²) in [7, 11) is 0. The van der Waals surface area contributed by atoms with Crippen molar-refractivity contribution in [3.8, 4) is 0 Å². The summed E-state index contributed by atoms with van der Waals surface area (Å²) in [6.07, 6.45) is 1.34. The van der Waals surface area contributed by atoms with Crippen LogP contribution in [-0.4, -0.2) is 22.0 Å². The number of benzene rings is 1. The molecule has 2 aromatic rings. The Bertz CT molecular complexity index is 689. The normalized spacial score (nSPS) is 10.1. The fourth-order valence-corrected chi connectivity index (χ4v) is 1.82. The number of pyridine rings is 1. The molecule has 1 amide bonds. The standard InChI is InChI=1S/C13H8Cl2N2O3/c14-9-4-3-7(6-10(9)15)17-12(18)11-8(13(19)20)2-1-5-16-11/h1-6H,(H,17,18)(H,19,20). The number of hydrogen-bond donors (Lipinski definition) is 2. The van der Waals surface area contributed by atoms with Gasteiger partial charge >= 0.3 is 5.97 Å². The third-order valence-corrected chi connectivity index (χ3v) is 3.17. The highest BCUT2D eigenvalue weighted by Gasteiger charge is 2.17. The summed E-state index contributed by atoms with van der Waals surface area (Å²) in [4.78, 5) is 26.8. The molecule has 20 heavy (non-hydrogen) atoms. The van der Waals surface area contributed by atoms with E-state index in [2.05, 4.69) is 10.3 Å². The first-order valence-corrected chi connectivity index (χ1v) is 6.19. The molecule has 102 valence electrons. The second-order valence-electron chi connectivity index (χ2n) is 3.79. The highest BCUT2D eigenvalue weighted by Crippen LogP contribution is 2.25. The van der Waals surface area contributed by atoms with Gasteiger partial charge in [-0.05, 0) is 30.3 Å². The lowest BCUT2D eigenvalue weighted by molar-refractivity contribution is 0.0691. The van der Waals surface area contributed by atoms with Crippen LogP contribution in [0, 0.1) is 0 Å². The zero-order chi connectivity index (χ0) is 14.7. The molecule has 0 aliphatic carbocycles. The number of carbonyl (C=O) groups excluding carboxylic acids is 1. The van der Waals surface area contributed by atoms with Gasteiger partial charge in [-0.25, -0.2) is 4.79 Å². The number of aromatic carboxylic acids is 1. The molecular formula is C13H8Cl2N2O3. The summed E-state index contributed by atoms with van der Waals surface area (Å²) in [6, 6.07) is 7.29. The van der Waals surface area contributed by atoms with Gasteiger partial charge in [0, 0.05) is 11.9 Å². The predicted molar refractivity (Wildman–Crippen MR) is 75.6 cm³/mol. The van der Waals surface area contributed by atoms with Gasteiger partial charge in [-0.3, -0.25) is 9.78 Å².